The number of primary amides is 1. The van der Waals surface area contributed by atoms with Gasteiger partial charge in [-0.1, -0.05) is 24.3 Å². The number of carbonyl (C=O) groups is 7. The molecule has 0 aromatic heterocycles. The Hall–Kier alpha value is -4.49. The minimum atomic E-state index is -4.12. The van der Waals surface area contributed by atoms with E-state index in [0.29, 0.717) is 47.5 Å². The largest absolute Gasteiger partial charge is 0.444 e. The van der Waals surface area contributed by atoms with E-state index in [4.69, 9.17) is 38.4 Å². The van der Waals surface area contributed by atoms with E-state index in [2.05, 4.69) is 5.32 Å². The number of hydrogen-bond acceptors (Lipinski definition) is 11. The summed E-state index contributed by atoms with van der Waals surface area (Å²) in [7, 11) is -4.12. The molecule has 3 N–H and O–H groups in total. The molecule has 4 aliphatic rings. The van der Waals surface area contributed by atoms with Crippen molar-refractivity contribution in [2.75, 3.05) is 31.4 Å². The number of alkyl carbamates (subject to hydrolysis) is 1. The van der Waals surface area contributed by atoms with Gasteiger partial charge in [0.25, 0.3) is 5.91 Å². The first-order chi connectivity index (χ1) is 27.7. The molecule has 0 spiro atoms. The van der Waals surface area contributed by atoms with Crippen molar-refractivity contribution in [3.8, 4) is 0 Å². The molecule has 17 nitrogen and oxygen atoms in total. The number of carbonyl (C=O) groups excluding carboxylic acids is 7. The van der Waals surface area contributed by atoms with Crippen LogP contribution < -0.4 is 11.1 Å². The minimum absolute atomic E-state index is 0.0267. The molecule has 7 amide bonds. The summed E-state index contributed by atoms with van der Waals surface area (Å²) < 4.78 is 51.2. The molecule has 21 heteroatoms. The monoisotopic (exact) mass is 886 g/mol. The Kier molecular flexibility index (Phi) is 14.6. The van der Waals surface area contributed by atoms with Gasteiger partial charge >= 0.3 is 12.2 Å². The van der Waals surface area contributed by atoms with E-state index in [1.165, 1.54) is 21.9 Å². The van der Waals surface area contributed by atoms with Gasteiger partial charge in [0, 0.05) is 31.0 Å². The molecule has 0 bridgehead atoms. The van der Waals surface area contributed by atoms with Gasteiger partial charge in [-0.2, -0.15) is 4.31 Å². The number of alkyl halides is 2. The lowest BCUT2D eigenvalue weighted by atomic mass is 10.1. The van der Waals surface area contributed by atoms with Crippen LogP contribution in [0.2, 0.25) is 0 Å². The third-order valence-electron chi connectivity index (χ3n) is 10.3. The zero-order valence-electron chi connectivity index (χ0n) is 32.9. The van der Waals surface area contributed by atoms with Crippen molar-refractivity contribution < 1.29 is 55.8 Å². The van der Waals surface area contributed by atoms with Crippen LogP contribution in [0.4, 0.5) is 14.0 Å². The van der Waals surface area contributed by atoms with E-state index < -0.39 is 111 Å². The van der Waals surface area contributed by atoms with Crippen molar-refractivity contribution in [2.45, 2.75) is 101 Å². The summed E-state index contributed by atoms with van der Waals surface area (Å²) in [6.45, 7) is 4.30. The summed E-state index contributed by atoms with van der Waals surface area (Å²) in [6, 6.07) is 1.81. The van der Waals surface area contributed by atoms with Crippen LogP contribution in [0.3, 0.4) is 0 Å². The molecule has 1 aromatic rings. The van der Waals surface area contributed by atoms with E-state index in [0.717, 1.165) is 4.90 Å². The van der Waals surface area contributed by atoms with Crippen molar-refractivity contribution in [1.82, 2.24) is 24.3 Å². The van der Waals surface area contributed by atoms with Crippen molar-refractivity contribution in [3.63, 3.8) is 0 Å². The van der Waals surface area contributed by atoms with Crippen molar-refractivity contribution in [1.29, 1.82) is 0 Å². The van der Waals surface area contributed by atoms with Gasteiger partial charge in [-0.3, -0.25) is 28.9 Å². The molecule has 2 heterocycles. The second kappa shape index (κ2) is 18.8. The van der Waals surface area contributed by atoms with Gasteiger partial charge in [-0.05, 0) is 70.4 Å². The second-order valence-corrected chi connectivity index (χ2v) is 18.6. The average Bonchev–Trinajstić information content (AvgIpc) is 4.08. The highest BCUT2D eigenvalue weighted by molar-refractivity contribution is 7.91. The molecule has 5 unspecified atom stereocenters. The number of halogens is 3. The van der Waals surface area contributed by atoms with Gasteiger partial charge in [0.1, 0.15) is 41.4 Å². The molecule has 3 fully saturated rings. The number of unbranched alkanes of at least 4 members (excludes halogenated alkanes) is 1. The normalized spacial score (nSPS) is 21.7. The maximum atomic E-state index is 14.3. The quantitative estimate of drug-likeness (QED) is 0.140. The van der Waals surface area contributed by atoms with Crippen LogP contribution in [0.15, 0.2) is 30.4 Å². The number of benzene rings is 1. The predicted molar refractivity (Wildman–Crippen MR) is 210 cm³/mol. The smallest absolute Gasteiger partial charge is 0.410 e. The first kappa shape index (κ1) is 45.6. The van der Waals surface area contributed by atoms with Crippen molar-refractivity contribution >= 4 is 74.9 Å². The standard InChI is InChI=1S/C38H49Cl2FN6O11S/c1-38(2,3)58-36(53)43-29(35(52)46-19-24(15-30(46)33(42)50)57-37(54)45-18-23-9-7-10-28(41)27(23)20-45)21-44(31(48)16-39)13-6-4-5-8-22-14-26(22)34(51)47(32(49)17-40)59(55,56)25-11-12-25/h5,7-10,22,24-26,29-30H,4,6,11-21H2,1-3H3,(H2,42,50)(H,43,53). The fourth-order valence-electron chi connectivity index (χ4n) is 7.07. The first-order valence-corrected chi connectivity index (χ1v) is 21.8. The van der Waals surface area contributed by atoms with Gasteiger partial charge < -0.3 is 30.3 Å². The van der Waals surface area contributed by atoms with E-state index in [9.17, 15) is 46.4 Å². The zero-order chi connectivity index (χ0) is 43.4. The third-order valence-corrected chi connectivity index (χ3v) is 12.9. The van der Waals surface area contributed by atoms with Crippen LogP contribution >= 0.6 is 23.2 Å². The number of nitrogens with zero attached hydrogens (tertiary/aromatic N) is 4. The van der Waals surface area contributed by atoms with Gasteiger partial charge in [0.15, 0.2) is 0 Å². The number of ether oxygens (including phenoxy) is 2. The molecule has 0 radical (unpaired) electrons. The van der Waals surface area contributed by atoms with E-state index >= 15 is 0 Å². The first-order valence-electron chi connectivity index (χ1n) is 19.2. The third kappa shape index (κ3) is 11.4. The highest BCUT2D eigenvalue weighted by Gasteiger charge is 2.52. The minimum Gasteiger partial charge on any atom is -0.444 e. The van der Waals surface area contributed by atoms with Gasteiger partial charge in [0.2, 0.25) is 33.7 Å². The number of nitrogens with two attached hydrogens (primary N) is 1. The highest BCUT2D eigenvalue weighted by atomic mass is 35.5. The van der Waals surface area contributed by atoms with Crippen LogP contribution in [-0.4, -0.2) is 130 Å². The Morgan fingerprint density at radius 1 is 1.05 bits per heavy atom. The van der Waals surface area contributed by atoms with Gasteiger partial charge in [-0.25, -0.2) is 22.4 Å². The average molecular weight is 888 g/mol. The molecule has 1 aromatic carbocycles. The fourth-order valence-corrected chi connectivity index (χ4v) is 9.20. The molecule has 2 saturated carbocycles. The number of likely N-dealkylation sites (tertiary alicyclic amines) is 1. The number of imide groups is 1. The number of hydrogen-bond donors (Lipinski definition) is 2. The fraction of sp³-hybridized carbons (Fsp3) is 0.605. The lowest BCUT2D eigenvalue weighted by Crippen LogP contribution is -2.57. The number of nitrogens with one attached hydrogen (secondary N) is 1. The van der Waals surface area contributed by atoms with Gasteiger partial charge in [-0.15, -0.1) is 23.2 Å². The summed E-state index contributed by atoms with van der Waals surface area (Å²) >= 11 is 11.6. The SMILES string of the molecule is CC(C)(C)OC(=O)NC(CN(CCCC=CC1CC1C(=O)N(C(=O)CCl)S(=O)(=O)C1CC1)C(=O)CCl)C(=O)N1CC(OC(=O)N2Cc3cccc(F)c3C2)CC1C(N)=O. The molecule has 2 aliphatic carbocycles. The maximum Gasteiger partial charge on any atom is 0.410 e. The number of sulfonamides is 1. The van der Waals surface area contributed by atoms with Crippen LogP contribution in [0, 0.1) is 17.7 Å². The summed E-state index contributed by atoms with van der Waals surface area (Å²) in [4.78, 5) is 95.1. The van der Waals surface area contributed by atoms with E-state index in [1.807, 2.05) is 0 Å². The van der Waals surface area contributed by atoms with Crippen molar-refractivity contribution in [3.05, 3.63) is 47.3 Å². The number of allylic oxidation sites excluding steroid dienone is 2. The molecular weight excluding hydrogens is 838 g/mol. The Bertz CT molecular complexity index is 1980. The second-order valence-electron chi connectivity index (χ2n) is 16.0. The molecule has 59 heavy (non-hydrogen) atoms. The van der Waals surface area contributed by atoms with Crippen LogP contribution in [0.25, 0.3) is 0 Å². The Morgan fingerprint density at radius 3 is 2.36 bits per heavy atom. The van der Waals surface area contributed by atoms with E-state index in [1.54, 1.807) is 39.0 Å². The number of rotatable bonds is 16. The summed E-state index contributed by atoms with van der Waals surface area (Å²) in [5, 5.41) is 1.73. The van der Waals surface area contributed by atoms with Crippen LogP contribution in [0.5, 0.6) is 0 Å². The lowest BCUT2D eigenvalue weighted by molar-refractivity contribution is -0.140. The Morgan fingerprint density at radius 2 is 1.75 bits per heavy atom. The Labute approximate surface area is 351 Å². The molecule has 1 saturated heterocycles. The highest BCUT2D eigenvalue weighted by Crippen LogP contribution is 2.43. The number of fused-ring (bicyclic) bond motifs is 1. The molecule has 2 aliphatic heterocycles. The lowest BCUT2D eigenvalue weighted by Gasteiger charge is -2.32. The molecular formula is C38H49Cl2FN6O11S. The van der Waals surface area contributed by atoms with Crippen LogP contribution in [0.1, 0.15) is 70.4 Å². The maximum absolute atomic E-state index is 14.3. The Balaban J connectivity index is 1.22. The predicted octanol–water partition coefficient (Wildman–Crippen LogP) is 2.75. The molecule has 5 atom stereocenters. The van der Waals surface area contributed by atoms with Gasteiger partial charge in [0.05, 0.1) is 24.9 Å². The molecule has 5 rings (SSSR count). The summed E-state index contributed by atoms with van der Waals surface area (Å²) in [6.07, 6.45) is 2.38. The topological polar surface area (TPSA) is 223 Å². The van der Waals surface area contributed by atoms with Crippen LogP contribution in [-0.2, 0) is 56.6 Å². The molecule has 324 valence electrons. The van der Waals surface area contributed by atoms with E-state index in [-0.39, 0.29) is 38.5 Å². The number of amides is 7. The summed E-state index contributed by atoms with van der Waals surface area (Å²) in [5.41, 5.74) is 5.71. The zero-order valence-corrected chi connectivity index (χ0v) is 35.3. The van der Waals surface area contributed by atoms with Crippen molar-refractivity contribution in [2.24, 2.45) is 17.6 Å². The summed E-state index contributed by atoms with van der Waals surface area (Å²) in [5.74, 6) is -6.65.